The van der Waals surface area contributed by atoms with Crippen LogP contribution in [0.5, 0.6) is 0 Å². The van der Waals surface area contributed by atoms with Gasteiger partial charge in [0.25, 0.3) is 0 Å². The van der Waals surface area contributed by atoms with Crippen molar-refractivity contribution in [3.8, 4) is 0 Å². The average Bonchev–Trinajstić information content (AvgIpc) is 2.25. The highest BCUT2D eigenvalue weighted by Crippen LogP contribution is 2.26. The molecule has 0 bridgehead atoms. The predicted molar refractivity (Wildman–Crippen MR) is 67.7 cm³/mol. The van der Waals surface area contributed by atoms with Gasteiger partial charge in [-0.25, -0.2) is 0 Å². The number of hydrogen-bond donors (Lipinski definition) is 1. The van der Waals surface area contributed by atoms with Gasteiger partial charge in [-0.05, 0) is 33.2 Å². The molecule has 0 fully saturated rings. The summed E-state index contributed by atoms with van der Waals surface area (Å²) in [6.45, 7) is 11.9. The third-order valence-electron chi connectivity index (χ3n) is 3.49. The second-order valence-electron chi connectivity index (χ2n) is 4.94. The summed E-state index contributed by atoms with van der Waals surface area (Å²) in [4.78, 5) is 13.6. The van der Waals surface area contributed by atoms with Crippen LogP contribution in [0.3, 0.4) is 0 Å². The zero-order valence-electron chi connectivity index (χ0n) is 11.4. The van der Waals surface area contributed by atoms with Crippen molar-refractivity contribution in [3.05, 3.63) is 0 Å². The summed E-state index contributed by atoms with van der Waals surface area (Å²) in [5.74, 6) is -0.670. The molecular formula is C13H27NO2. The van der Waals surface area contributed by atoms with E-state index >= 15 is 0 Å². The van der Waals surface area contributed by atoms with Crippen LogP contribution in [0.4, 0.5) is 0 Å². The second-order valence-corrected chi connectivity index (χ2v) is 4.94. The molecular weight excluding hydrogens is 202 g/mol. The number of carboxylic acid groups (broad SMARTS) is 1. The molecule has 0 spiro atoms. The van der Waals surface area contributed by atoms with E-state index in [0.717, 1.165) is 25.8 Å². The highest BCUT2D eigenvalue weighted by atomic mass is 16.4. The van der Waals surface area contributed by atoms with E-state index in [-0.39, 0.29) is 0 Å². The number of hydrogen-bond acceptors (Lipinski definition) is 2. The zero-order chi connectivity index (χ0) is 12.8. The number of rotatable bonds is 8. The topological polar surface area (TPSA) is 40.5 Å². The van der Waals surface area contributed by atoms with Crippen molar-refractivity contribution in [2.45, 2.75) is 59.9 Å². The summed E-state index contributed by atoms with van der Waals surface area (Å²) in [7, 11) is 0. The molecule has 0 saturated heterocycles. The molecule has 1 N–H and O–H groups in total. The highest BCUT2D eigenvalue weighted by molar-refractivity contribution is 5.74. The normalized spacial score (nSPS) is 17.1. The first-order valence-electron chi connectivity index (χ1n) is 6.38. The Morgan fingerprint density at radius 2 is 1.94 bits per heavy atom. The standard InChI is InChI=1S/C13H27NO2/c1-6-9-13(5,12(15)16)10-14(8-3)11(4)7-2/h11H,6-10H2,1-5H3,(H,15,16). The van der Waals surface area contributed by atoms with E-state index in [1.807, 2.05) is 13.8 Å². The van der Waals surface area contributed by atoms with Gasteiger partial charge in [-0.3, -0.25) is 9.69 Å². The van der Waals surface area contributed by atoms with Crippen LogP contribution in [-0.4, -0.2) is 35.1 Å². The Bertz CT molecular complexity index is 218. The monoisotopic (exact) mass is 229 g/mol. The fourth-order valence-corrected chi connectivity index (χ4v) is 2.09. The molecule has 0 aromatic heterocycles. The Labute approximate surface area is 99.8 Å². The van der Waals surface area contributed by atoms with Crippen LogP contribution < -0.4 is 0 Å². The molecule has 96 valence electrons. The summed E-state index contributed by atoms with van der Waals surface area (Å²) in [5, 5.41) is 9.34. The fraction of sp³-hybridized carbons (Fsp3) is 0.923. The number of nitrogens with zero attached hydrogens (tertiary/aromatic N) is 1. The number of carbonyl (C=O) groups is 1. The van der Waals surface area contributed by atoms with Gasteiger partial charge in [0.2, 0.25) is 0 Å². The van der Waals surface area contributed by atoms with E-state index in [1.165, 1.54) is 0 Å². The Balaban J connectivity index is 4.65. The van der Waals surface area contributed by atoms with Crippen LogP contribution in [-0.2, 0) is 4.79 Å². The predicted octanol–water partition coefficient (Wildman–Crippen LogP) is 3.00. The van der Waals surface area contributed by atoms with Gasteiger partial charge in [-0.15, -0.1) is 0 Å². The van der Waals surface area contributed by atoms with Crippen LogP contribution in [0, 0.1) is 5.41 Å². The molecule has 16 heavy (non-hydrogen) atoms. The summed E-state index contributed by atoms with van der Waals surface area (Å²) < 4.78 is 0. The second kappa shape index (κ2) is 6.89. The zero-order valence-corrected chi connectivity index (χ0v) is 11.4. The molecule has 0 radical (unpaired) electrons. The summed E-state index contributed by atoms with van der Waals surface area (Å²) >= 11 is 0. The van der Waals surface area contributed by atoms with Crippen molar-refractivity contribution in [1.82, 2.24) is 4.90 Å². The SMILES string of the molecule is CCCC(C)(CN(CC)C(C)CC)C(=O)O. The lowest BCUT2D eigenvalue weighted by Gasteiger charge is -2.35. The van der Waals surface area contributed by atoms with E-state index in [4.69, 9.17) is 0 Å². The van der Waals surface area contributed by atoms with E-state index in [2.05, 4.69) is 25.7 Å². The van der Waals surface area contributed by atoms with Gasteiger partial charge in [0, 0.05) is 12.6 Å². The molecule has 3 heteroatoms. The molecule has 0 rings (SSSR count). The Morgan fingerprint density at radius 1 is 1.38 bits per heavy atom. The van der Waals surface area contributed by atoms with Crippen molar-refractivity contribution < 1.29 is 9.90 Å². The number of aliphatic carboxylic acids is 1. The Kier molecular flexibility index (Phi) is 6.65. The first-order valence-corrected chi connectivity index (χ1v) is 6.38. The average molecular weight is 229 g/mol. The van der Waals surface area contributed by atoms with Crippen molar-refractivity contribution in [1.29, 1.82) is 0 Å². The molecule has 0 aromatic rings. The van der Waals surface area contributed by atoms with E-state index in [1.54, 1.807) is 0 Å². The van der Waals surface area contributed by atoms with Gasteiger partial charge in [0.15, 0.2) is 0 Å². The largest absolute Gasteiger partial charge is 0.481 e. The smallest absolute Gasteiger partial charge is 0.310 e. The molecule has 0 aromatic carbocycles. The van der Waals surface area contributed by atoms with Crippen molar-refractivity contribution >= 4 is 5.97 Å². The van der Waals surface area contributed by atoms with Crippen molar-refractivity contribution in [2.24, 2.45) is 5.41 Å². The van der Waals surface area contributed by atoms with E-state index in [0.29, 0.717) is 12.6 Å². The minimum atomic E-state index is -0.670. The minimum absolute atomic E-state index is 0.459. The molecule has 0 saturated carbocycles. The van der Waals surface area contributed by atoms with Crippen LogP contribution >= 0.6 is 0 Å². The first-order chi connectivity index (χ1) is 7.41. The fourth-order valence-electron chi connectivity index (χ4n) is 2.09. The Hall–Kier alpha value is -0.570. The van der Waals surface area contributed by atoms with E-state index in [9.17, 15) is 9.90 Å². The quantitative estimate of drug-likeness (QED) is 0.695. The molecule has 0 amide bonds. The lowest BCUT2D eigenvalue weighted by molar-refractivity contribution is -0.150. The molecule has 0 aliphatic carbocycles. The number of carboxylic acids is 1. The molecule has 0 heterocycles. The molecule has 2 atom stereocenters. The maximum absolute atomic E-state index is 11.3. The third kappa shape index (κ3) is 4.12. The van der Waals surface area contributed by atoms with Crippen LogP contribution in [0.1, 0.15) is 53.9 Å². The molecule has 3 nitrogen and oxygen atoms in total. The summed E-state index contributed by atoms with van der Waals surface area (Å²) in [5.41, 5.74) is -0.603. The third-order valence-corrected chi connectivity index (χ3v) is 3.49. The molecule has 2 unspecified atom stereocenters. The lowest BCUT2D eigenvalue weighted by atomic mass is 9.84. The van der Waals surface area contributed by atoms with Gasteiger partial charge in [0.05, 0.1) is 5.41 Å². The summed E-state index contributed by atoms with van der Waals surface area (Å²) in [6.07, 6.45) is 2.73. The van der Waals surface area contributed by atoms with Gasteiger partial charge < -0.3 is 5.11 Å². The maximum atomic E-state index is 11.3. The van der Waals surface area contributed by atoms with Crippen molar-refractivity contribution in [2.75, 3.05) is 13.1 Å². The van der Waals surface area contributed by atoms with Gasteiger partial charge in [-0.1, -0.05) is 27.2 Å². The first kappa shape index (κ1) is 15.4. The molecule has 0 aliphatic heterocycles. The maximum Gasteiger partial charge on any atom is 0.310 e. The van der Waals surface area contributed by atoms with E-state index < -0.39 is 11.4 Å². The van der Waals surface area contributed by atoms with Crippen LogP contribution in [0.15, 0.2) is 0 Å². The minimum Gasteiger partial charge on any atom is -0.481 e. The van der Waals surface area contributed by atoms with Gasteiger partial charge in [0.1, 0.15) is 0 Å². The van der Waals surface area contributed by atoms with Gasteiger partial charge in [-0.2, -0.15) is 0 Å². The molecule has 0 aliphatic rings. The summed E-state index contributed by atoms with van der Waals surface area (Å²) in [6, 6.07) is 0.459. The van der Waals surface area contributed by atoms with Crippen LogP contribution in [0.2, 0.25) is 0 Å². The Morgan fingerprint density at radius 3 is 2.25 bits per heavy atom. The van der Waals surface area contributed by atoms with Crippen molar-refractivity contribution in [3.63, 3.8) is 0 Å². The van der Waals surface area contributed by atoms with Crippen LogP contribution in [0.25, 0.3) is 0 Å². The van der Waals surface area contributed by atoms with Gasteiger partial charge >= 0.3 is 5.97 Å². The lowest BCUT2D eigenvalue weighted by Crippen LogP contribution is -2.44. The highest BCUT2D eigenvalue weighted by Gasteiger charge is 2.34.